The van der Waals surface area contributed by atoms with Gasteiger partial charge in [-0.05, 0) is 24.6 Å². The molecule has 0 aliphatic carbocycles. The zero-order chi connectivity index (χ0) is 16.0. The van der Waals surface area contributed by atoms with Crippen LogP contribution in [-0.2, 0) is 19.6 Å². The van der Waals surface area contributed by atoms with Crippen LogP contribution in [0.2, 0.25) is 5.02 Å². The SMILES string of the molecule is COC(=O)CCCN(c1ccc(OC)c(Cl)c1)S(C)(=O)=O. The largest absolute Gasteiger partial charge is 0.495 e. The van der Waals surface area contributed by atoms with Crippen LogP contribution in [0, 0.1) is 0 Å². The third kappa shape index (κ3) is 5.09. The molecule has 0 heterocycles. The molecule has 0 N–H and O–H groups in total. The predicted molar refractivity (Wildman–Crippen MR) is 81.4 cm³/mol. The molecule has 0 atom stereocenters. The number of methoxy groups -OCH3 is 2. The van der Waals surface area contributed by atoms with E-state index in [1.807, 2.05) is 0 Å². The van der Waals surface area contributed by atoms with Gasteiger partial charge in [0.2, 0.25) is 10.0 Å². The summed E-state index contributed by atoms with van der Waals surface area (Å²) < 4.78 is 34.5. The maximum absolute atomic E-state index is 11.9. The Kier molecular flexibility index (Phi) is 6.29. The minimum absolute atomic E-state index is 0.145. The average Bonchev–Trinajstić information content (AvgIpc) is 2.41. The number of hydrogen-bond acceptors (Lipinski definition) is 5. The smallest absolute Gasteiger partial charge is 0.305 e. The van der Waals surface area contributed by atoms with Crippen LogP contribution in [0.5, 0.6) is 5.75 Å². The van der Waals surface area contributed by atoms with Gasteiger partial charge in [0.25, 0.3) is 0 Å². The van der Waals surface area contributed by atoms with Crippen molar-refractivity contribution in [2.45, 2.75) is 12.8 Å². The normalized spacial score (nSPS) is 11.0. The lowest BCUT2D eigenvalue weighted by molar-refractivity contribution is -0.140. The summed E-state index contributed by atoms with van der Waals surface area (Å²) in [7, 11) is -0.708. The Morgan fingerprint density at radius 2 is 2.00 bits per heavy atom. The van der Waals surface area contributed by atoms with Crippen molar-refractivity contribution in [3.63, 3.8) is 0 Å². The van der Waals surface area contributed by atoms with Crippen LogP contribution in [0.25, 0.3) is 0 Å². The Morgan fingerprint density at radius 3 is 2.48 bits per heavy atom. The topological polar surface area (TPSA) is 72.9 Å². The fraction of sp³-hybridized carbons (Fsp3) is 0.462. The van der Waals surface area contributed by atoms with Crippen LogP contribution in [0.15, 0.2) is 18.2 Å². The summed E-state index contributed by atoms with van der Waals surface area (Å²) in [6.07, 6.45) is 1.60. The van der Waals surface area contributed by atoms with Gasteiger partial charge in [0.1, 0.15) is 5.75 Å². The standard InChI is InChI=1S/C13H18ClNO5S/c1-19-12-7-6-10(9-11(12)14)15(21(3,17)18)8-4-5-13(16)20-2/h6-7,9H,4-5,8H2,1-3H3. The van der Waals surface area contributed by atoms with E-state index in [-0.39, 0.29) is 18.9 Å². The lowest BCUT2D eigenvalue weighted by Gasteiger charge is -2.22. The van der Waals surface area contributed by atoms with E-state index in [1.54, 1.807) is 12.1 Å². The van der Waals surface area contributed by atoms with E-state index in [1.165, 1.54) is 24.6 Å². The number of ether oxygens (including phenoxy) is 2. The predicted octanol–water partition coefficient (Wildman–Crippen LogP) is 2.07. The first-order valence-corrected chi connectivity index (χ1v) is 8.40. The van der Waals surface area contributed by atoms with Crippen molar-refractivity contribution in [3.8, 4) is 5.75 Å². The third-order valence-corrected chi connectivity index (χ3v) is 4.28. The van der Waals surface area contributed by atoms with E-state index < -0.39 is 10.0 Å². The van der Waals surface area contributed by atoms with Crippen molar-refractivity contribution in [2.24, 2.45) is 0 Å². The van der Waals surface area contributed by atoms with Crippen molar-refractivity contribution in [2.75, 3.05) is 31.3 Å². The Balaban J connectivity index is 2.93. The van der Waals surface area contributed by atoms with E-state index >= 15 is 0 Å². The Morgan fingerprint density at radius 1 is 1.33 bits per heavy atom. The van der Waals surface area contributed by atoms with Gasteiger partial charge in [-0.1, -0.05) is 11.6 Å². The van der Waals surface area contributed by atoms with Gasteiger partial charge in [-0.25, -0.2) is 8.42 Å². The van der Waals surface area contributed by atoms with Crippen LogP contribution >= 0.6 is 11.6 Å². The van der Waals surface area contributed by atoms with E-state index in [9.17, 15) is 13.2 Å². The minimum atomic E-state index is -3.48. The number of hydrogen-bond donors (Lipinski definition) is 0. The number of carbonyl (C=O) groups excluding carboxylic acids is 1. The van der Waals surface area contributed by atoms with Crippen LogP contribution in [0.1, 0.15) is 12.8 Å². The number of sulfonamides is 1. The molecule has 118 valence electrons. The molecular formula is C13H18ClNO5S. The van der Waals surface area contributed by atoms with Gasteiger partial charge in [0, 0.05) is 13.0 Å². The summed E-state index contributed by atoms with van der Waals surface area (Å²) in [4.78, 5) is 11.1. The maximum Gasteiger partial charge on any atom is 0.305 e. The Labute approximate surface area is 129 Å². The van der Waals surface area contributed by atoms with E-state index in [0.29, 0.717) is 22.9 Å². The lowest BCUT2D eigenvalue weighted by Crippen LogP contribution is -2.31. The molecule has 8 heteroatoms. The molecule has 21 heavy (non-hydrogen) atoms. The summed E-state index contributed by atoms with van der Waals surface area (Å²) in [6.45, 7) is 0.163. The average molecular weight is 336 g/mol. The second-order valence-electron chi connectivity index (χ2n) is 4.33. The number of nitrogens with zero attached hydrogens (tertiary/aromatic N) is 1. The van der Waals surface area contributed by atoms with Crippen molar-refractivity contribution in [1.82, 2.24) is 0 Å². The third-order valence-electron chi connectivity index (χ3n) is 2.79. The molecule has 1 aromatic rings. The molecule has 0 radical (unpaired) electrons. The first kappa shape index (κ1) is 17.6. The highest BCUT2D eigenvalue weighted by Gasteiger charge is 2.18. The van der Waals surface area contributed by atoms with Crippen molar-refractivity contribution >= 4 is 33.3 Å². The molecule has 0 spiro atoms. The number of halogens is 1. The molecule has 0 aliphatic heterocycles. The second-order valence-corrected chi connectivity index (χ2v) is 6.65. The molecular weight excluding hydrogens is 318 g/mol. The fourth-order valence-electron chi connectivity index (χ4n) is 1.77. The molecule has 0 bridgehead atoms. The fourth-order valence-corrected chi connectivity index (χ4v) is 2.98. The highest BCUT2D eigenvalue weighted by Crippen LogP contribution is 2.30. The van der Waals surface area contributed by atoms with Gasteiger partial charge < -0.3 is 9.47 Å². The van der Waals surface area contributed by atoms with Crippen LogP contribution in [0.3, 0.4) is 0 Å². The van der Waals surface area contributed by atoms with Crippen molar-refractivity contribution in [3.05, 3.63) is 23.2 Å². The minimum Gasteiger partial charge on any atom is -0.495 e. The molecule has 6 nitrogen and oxygen atoms in total. The summed E-state index contributed by atoms with van der Waals surface area (Å²) in [5, 5.41) is 0.316. The first-order chi connectivity index (χ1) is 9.79. The summed E-state index contributed by atoms with van der Waals surface area (Å²) >= 11 is 6.01. The van der Waals surface area contributed by atoms with Crippen molar-refractivity contribution in [1.29, 1.82) is 0 Å². The first-order valence-electron chi connectivity index (χ1n) is 6.17. The molecule has 0 unspecified atom stereocenters. The lowest BCUT2D eigenvalue weighted by atomic mass is 10.2. The second kappa shape index (κ2) is 7.51. The summed E-state index contributed by atoms with van der Waals surface area (Å²) in [6, 6.07) is 4.71. The maximum atomic E-state index is 11.9. The van der Waals surface area contributed by atoms with Crippen LogP contribution in [0.4, 0.5) is 5.69 Å². The quantitative estimate of drug-likeness (QED) is 0.713. The number of esters is 1. The molecule has 1 aromatic carbocycles. The van der Waals surface area contributed by atoms with Crippen LogP contribution in [-0.4, -0.2) is 41.4 Å². The highest BCUT2D eigenvalue weighted by molar-refractivity contribution is 7.92. The number of rotatable bonds is 7. The van der Waals surface area contributed by atoms with Gasteiger partial charge in [-0.15, -0.1) is 0 Å². The molecule has 1 rings (SSSR count). The van der Waals surface area contributed by atoms with Gasteiger partial charge in [0.15, 0.2) is 0 Å². The molecule has 0 saturated carbocycles. The van der Waals surface area contributed by atoms with Gasteiger partial charge in [0.05, 0.1) is 31.2 Å². The van der Waals surface area contributed by atoms with E-state index in [2.05, 4.69) is 4.74 Å². The monoisotopic (exact) mass is 335 g/mol. The summed E-state index contributed by atoms with van der Waals surface area (Å²) in [5.74, 6) is 0.0830. The zero-order valence-electron chi connectivity index (χ0n) is 12.1. The van der Waals surface area contributed by atoms with Crippen LogP contribution < -0.4 is 9.04 Å². The Hall–Kier alpha value is -1.47. The molecule has 0 aliphatic rings. The molecule has 0 saturated heterocycles. The van der Waals surface area contributed by atoms with Gasteiger partial charge in [-0.3, -0.25) is 9.10 Å². The van der Waals surface area contributed by atoms with Crippen molar-refractivity contribution < 1.29 is 22.7 Å². The highest BCUT2D eigenvalue weighted by atomic mass is 35.5. The number of anilines is 1. The van der Waals surface area contributed by atoms with E-state index in [0.717, 1.165) is 6.26 Å². The van der Waals surface area contributed by atoms with Gasteiger partial charge >= 0.3 is 5.97 Å². The molecule has 0 amide bonds. The van der Waals surface area contributed by atoms with E-state index in [4.69, 9.17) is 16.3 Å². The number of benzene rings is 1. The zero-order valence-corrected chi connectivity index (χ0v) is 13.7. The summed E-state index contributed by atoms with van der Waals surface area (Å²) in [5.41, 5.74) is 0.424. The molecule has 0 aromatic heterocycles. The van der Waals surface area contributed by atoms with Gasteiger partial charge in [-0.2, -0.15) is 0 Å². The number of carbonyl (C=O) groups is 1. The molecule has 0 fully saturated rings. The Bertz CT molecular complexity index is 603.